The Balaban J connectivity index is 1.35. The predicted molar refractivity (Wildman–Crippen MR) is 147 cm³/mol. The summed E-state index contributed by atoms with van der Waals surface area (Å²) >= 11 is 0. The number of carboxylic acid groups (broad SMARTS) is 1. The SMILES string of the molecule is COc1ccc(C(C)N2CCN(C3CC4(CCN(C(=O)O)CC4)C3)C(c3ccccc3C(C)C)C2)cc1. The Kier molecular flexibility index (Phi) is 7.51. The summed E-state index contributed by atoms with van der Waals surface area (Å²) < 4.78 is 5.38. The molecule has 0 radical (unpaired) electrons. The Morgan fingerprint density at radius 1 is 0.973 bits per heavy atom. The lowest BCUT2D eigenvalue weighted by Crippen LogP contribution is -2.60. The van der Waals surface area contributed by atoms with E-state index in [2.05, 4.69) is 79.1 Å². The van der Waals surface area contributed by atoms with E-state index in [0.29, 0.717) is 42.5 Å². The van der Waals surface area contributed by atoms with Gasteiger partial charge in [0.05, 0.1) is 7.11 Å². The van der Waals surface area contributed by atoms with Gasteiger partial charge in [-0.3, -0.25) is 9.80 Å². The van der Waals surface area contributed by atoms with E-state index < -0.39 is 6.09 Å². The number of carbonyl (C=O) groups is 1. The van der Waals surface area contributed by atoms with Crippen LogP contribution in [0.4, 0.5) is 4.79 Å². The molecule has 2 heterocycles. The Bertz CT molecular complexity index is 1070. The zero-order chi connectivity index (χ0) is 26.2. The maximum absolute atomic E-state index is 11.4. The highest BCUT2D eigenvalue weighted by Crippen LogP contribution is 2.53. The van der Waals surface area contributed by atoms with Crippen molar-refractivity contribution in [1.29, 1.82) is 0 Å². The van der Waals surface area contributed by atoms with Gasteiger partial charge in [0.15, 0.2) is 0 Å². The third-order valence-electron chi connectivity index (χ3n) is 9.48. The normalized spacial score (nSPS) is 23.7. The molecule has 1 aliphatic carbocycles. The van der Waals surface area contributed by atoms with Gasteiger partial charge in [0.1, 0.15) is 5.75 Å². The number of hydrogen-bond donors (Lipinski definition) is 1. The van der Waals surface area contributed by atoms with Crippen LogP contribution in [0, 0.1) is 5.41 Å². The number of nitrogens with zero attached hydrogens (tertiary/aromatic N) is 3. The molecule has 200 valence electrons. The quantitative estimate of drug-likeness (QED) is 0.509. The Morgan fingerprint density at radius 3 is 2.27 bits per heavy atom. The summed E-state index contributed by atoms with van der Waals surface area (Å²) in [6.45, 7) is 11.5. The van der Waals surface area contributed by atoms with E-state index in [-0.39, 0.29) is 0 Å². The van der Waals surface area contributed by atoms with E-state index >= 15 is 0 Å². The fourth-order valence-corrected chi connectivity index (χ4v) is 7.07. The van der Waals surface area contributed by atoms with Crippen LogP contribution < -0.4 is 4.74 Å². The van der Waals surface area contributed by atoms with Crippen molar-refractivity contribution in [2.45, 2.75) is 70.5 Å². The molecule has 2 saturated heterocycles. The predicted octanol–water partition coefficient (Wildman–Crippen LogP) is 6.16. The van der Waals surface area contributed by atoms with Crippen molar-refractivity contribution in [2.24, 2.45) is 5.41 Å². The van der Waals surface area contributed by atoms with Crippen LogP contribution in [0.2, 0.25) is 0 Å². The molecular formula is C31H43N3O3. The number of amides is 1. The average Bonchev–Trinajstić information content (AvgIpc) is 2.91. The fourth-order valence-electron chi connectivity index (χ4n) is 7.07. The summed E-state index contributed by atoms with van der Waals surface area (Å²) in [7, 11) is 1.72. The van der Waals surface area contributed by atoms with Crippen molar-refractivity contribution < 1.29 is 14.6 Å². The molecule has 2 aromatic carbocycles. The molecule has 3 aliphatic rings. The van der Waals surface area contributed by atoms with Crippen LogP contribution in [-0.4, -0.2) is 71.8 Å². The number of benzene rings is 2. The zero-order valence-electron chi connectivity index (χ0n) is 22.9. The number of rotatable bonds is 6. The molecule has 6 heteroatoms. The standard InChI is InChI=1S/C31H43N3O3/c1-22(2)27-7-5-6-8-28(27)29-21-33(23(3)24-9-11-26(37-4)12-10-24)17-18-34(29)25-19-31(20-25)13-15-32(16-14-31)30(35)36/h5-12,22-23,25,29H,13-21H2,1-4H3,(H,35,36). The molecule has 1 spiro atoms. The fraction of sp³-hybridized carbons (Fsp3) is 0.581. The van der Waals surface area contributed by atoms with Crippen LogP contribution in [0.25, 0.3) is 0 Å². The number of piperazine rings is 1. The summed E-state index contributed by atoms with van der Waals surface area (Å²) in [6, 6.07) is 18.9. The van der Waals surface area contributed by atoms with Gasteiger partial charge < -0.3 is 14.7 Å². The van der Waals surface area contributed by atoms with Crippen LogP contribution in [0.15, 0.2) is 48.5 Å². The number of methoxy groups -OCH3 is 1. The second-order valence-electron chi connectivity index (χ2n) is 11.8. The first-order valence-electron chi connectivity index (χ1n) is 14.0. The smallest absolute Gasteiger partial charge is 0.407 e. The van der Waals surface area contributed by atoms with E-state index in [1.165, 1.54) is 29.5 Å². The van der Waals surface area contributed by atoms with Crippen molar-refractivity contribution in [2.75, 3.05) is 39.8 Å². The van der Waals surface area contributed by atoms with E-state index in [1.807, 2.05) is 0 Å². The monoisotopic (exact) mass is 505 g/mol. The van der Waals surface area contributed by atoms with Crippen molar-refractivity contribution >= 4 is 6.09 Å². The molecule has 2 aliphatic heterocycles. The zero-order valence-corrected chi connectivity index (χ0v) is 22.9. The van der Waals surface area contributed by atoms with Gasteiger partial charge in [-0.1, -0.05) is 50.2 Å². The Morgan fingerprint density at radius 2 is 1.65 bits per heavy atom. The lowest BCUT2D eigenvalue weighted by molar-refractivity contribution is -0.0781. The molecule has 6 nitrogen and oxygen atoms in total. The summed E-state index contributed by atoms with van der Waals surface area (Å²) in [5, 5.41) is 9.37. The molecule has 1 saturated carbocycles. The molecule has 2 unspecified atom stereocenters. The lowest BCUT2D eigenvalue weighted by atomic mass is 9.59. The van der Waals surface area contributed by atoms with Gasteiger partial charge in [-0.15, -0.1) is 0 Å². The van der Waals surface area contributed by atoms with E-state index in [1.54, 1.807) is 12.0 Å². The van der Waals surface area contributed by atoms with E-state index in [9.17, 15) is 9.90 Å². The number of ether oxygens (including phenoxy) is 1. The number of likely N-dealkylation sites (tertiary alicyclic amines) is 1. The number of hydrogen-bond acceptors (Lipinski definition) is 4. The van der Waals surface area contributed by atoms with Gasteiger partial charge in [-0.25, -0.2) is 4.79 Å². The molecule has 3 fully saturated rings. The van der Waals surface area contributed by atoms with Crippen molar-refractivity contribution in [3.63, 3.8) is 0 Å². The first kappa shape index (κ1) is 26.1. The molecule has 2 atom stereocenters. The highest BCUT2D eigenvalue weighted by atomic mass is 16.5. The van der Waals surface area contributed by atoms with Crippen LogP contribution >= 0.6 is 0 Å². The van der Waals surface area contributed by atoms with Crippen molar-refractivity contribution in [3.8, 4) is 5.75 Å². The maximum Gasteiger partial charge on any atom is 0.407 e. The molecule has 1 N–H and O–H groups in total. The van der Waals surface area contributed by atoms with Crippen LogP contribution in [0.1, 0.15) is 81.1 Å². The maximum atomic E-state index is 11.4. The van der Waals surface area contributed by atoms with Gasteiger partial charge >= 0.3 is 6.09 Å². The second-order valence-corrected chi connectivity index (χ2v) is 11.8. The first-order valence-corrected chi connectivity index (χ1v) is 14.0. The molecule has 5 rings (SSSR count). The minimum Gasteiger partial charge on any atom is -0.497 e. The highest BCUT2D eigenvalue weighted by molar-refractivity contribution is 5.65. The minimum atomic E-state index is -0.766. The largest absolute Gasteiger partial charge is 0.497 e. The third-order valence-corrected chi connectivity index (χ3v) is 9.48. The Labute approximate surface area is 222 Å². The van der Waals surface area contributed by atoms with Crippen molar-refractivity contribution in [3.05, 3.63) is 65.2 Å². The molecule has 0 bridgehead atoms. The summed E-state index contributed by atoms with van der Waals surface area (Å²) in [4.78, 5) is 18.4. The van der Waals surface area contributed by atoms with Crippen LogP contribution in [0.3, 0.4) is 0 Å². The summed E-state index contributed by atoms with van der Waals surface area (Å²) in [6.07, 6.45) is 3.66. The topological polar surface area (TPSA) is 56.2 Å². The number of piperidine rings is 1. The lowest BCUT2D eigenvalue weighted by Gasteiger charge is -2.58. The molecule has 37 heavy (non-hydrogen) atoms. The molecule has 2 aromatic rings. The molecular weight excluding hydrogens is 462 g/mol. The Hall–Kier alpha value is -2.57. The van der Waals surface area contributed by atoms with Crippen LogP contribution in [0.5, 0.6) is 5.75 Å². The average molecular weight is 506 g/mol. The minimum absolute atomic E-state index is 0.340. The van der Waals surface area contributed by atoms with Crippen molar-refractivity contribution in [1.82, 2.24) is 14.7 Å². The highest BCUT2D eigenvalue weighted by Gasteiger charge is 2.50. The molecule has 0 aromatic heterocycles. The van der Waals surface area contributed by atoms with Gasteiger partial charge in [-0.05, 0) is 72.8 Å². The van der Waals surface area contributed by atoms with Gasteiger partial charge in [0.2, 0.25) is 0 Å². The molecule has 1 amide bonds. The summed E-state index contributed by atoms with van der Waals surface area (Å²) in [5.41, 5.74) is 4.61. The van der Waals surface area contributed by atoms with E-state index in [0.717, 1.165) is 38.2 Å². The second kappa shape index (κ2) is 10.7. The summed E-state index contributed by atoms with van der Waals surface area (Å²) in [5.74, 6) is 1.39. The van der Waals surface area contributed by atoms with Gasteiger partial charge in [0.25, 0.3) is 0 Å². The first-order chi connectivity index (χ1) is 17.8. The van der Waals surface area contributed by atoms with Crippen LogP contribution in [-0.2, 0) is 0 Å². The van der Waals surface area contributed by atoms with E-state index in [4.69, 9.17) is 4.74 Å². The third kappa shape index (κ3) is 5.23. The van der Waals surface area contributed by atoms with Gasteiger partial charge in [-0.2, -0.15) is 0 Å². The van der Waals surface area contributed by atoms with Gasteiger partial charge in [0, 0.05) is 50.8 Å².